The van der Waals surface area contributed by atoms with Crippen molar-refractivity contribution in [1.29, 1.82) is 5.26 Å². The molecule has 23 heavy (non-hydrogen) atoms. The van der Waals surface area contributed by atoms with E-state index in [0.717, 1.165) is 38.8 Å². The minimum absolute atomic E-state index is 0.110. The number of amides is 1. The molecule has 3 atom stereocenters. The highest BCUT2D eigenvalue weighted by molar-refractivity contribution is 5.83. The smallest absolute Gasteiger partial charge is 0.240 e. The SMILES string of the molecule is CN(C[C@H]1CC[C@H](C(=O)N2CCC[C@H]2C#N)N1)c1ccccc1. The van der Waals surface area contributed by atoms with Crippen LogP contribution in [0.2, 0.25) is 0 Å². The van der Waals surface area contributed by atoms with E-state index < -0.39 is 0 Å². The van der Waals surface area contributed by atoms with Gasteiger partial charge in [0.05, 0.1) is 12.1 Å². The Kier molecular flexibility index (Phi) is 4.82. The molecule has 0 aliphatic carbocycles. The highest BCUT2D eigenvalue weighted by Crippen LogP contribution is 2.22. The number of carbonyl (C=O) groups excluding carboxylic acids is 1. The van der Waals surface area contributed by atoms with Gasteiger partial charge in [0.25, 0.3) is 0 Å². The average Bonchev–Trinajstić information content (AvgIpc) is 3.24. The second-order valence-electron chi connectivity index (χ2n) is 6.53. The van der Waals surface area contributed by atoms with Gasteiger partial charge < -0.3 is 15.1 Å². The molecular weight excluding hydrogens is 288 g/mol. The lowest BCUT2D eigenvalue weighted by Crippen LogP contribution is -2.48. The largest absolute Gasteiger partial charge is 0.373 e. The van der Waals surface area contributed by atoms with Crippen molar-refractivity contribution in [2.45, 2.75) is 43.8 Å². The zero-order valence-electron chi connectivity index (χ0n) is 13.6. The molecule has 1 aromatic carbocycles. The van der Waals surface area contributed by atoms with E-state index in [1.54, 1.807) is 4.90 Å². The summed E-state index contributed by atoms with van der Waals surface area (Å²) in [5, 5.41) is 12.6. The summed E-state index contributed by atoms with van der Waals surface area (Å²) in [6.45, 7) is 1.61. The first-order chi connectivity index (χ1) is 11.2. The van der Waals surface area contributed by atoms with Crippen molar-refractivity contribution in [3.63, 3.8) is 0 Å². The Morgan fingerprint density at radius 1 is 1.35 bits per heavy atom. The summed E-state index contributed by atoms with van der Waals surface area (Å²) in [5.74, 6) is 0.110. The van der Waals surface area contributed by atoms with E-state index in [4.69, 9.17) is 5.26 Å². The number of hydrogen-bond acceptors (Lipinski definition) is 4. The van der Waals surface area contributed by atoms with Crippen LogP contribution in [0.3, 0.4) is 0 Å². The predicted octanol–water partition coefficient (Wildman–Crippen LogP) is 1.76. The summed E-state index contributed by atoms with van der Waals surface area (Å²) in [6, 6.07) is 12.5. The van der Waals surface area contributed by atoms with Gasteiger partial charge in [-0.05, 0) is 37.8 Å². The summed E-state index contributed by atoms with van der Waals surface area (Å²) >= 11 is 0. The van der Waals surface area contributed by atoms with Crippen LogP contribution in [0.15, 0.2) is 30.3 Å². The molecule has 0 aromatic heterocycles. The number of nitrogens with one attached hydrogen (secondary N) is 1. The fourth-order valence-corrected chi connectivity index (χ4v) is 3.64. The number of para-hydroxylation sites is 1. The maximum atomic E-state index is 12.6. The third-order valence-corrected chi connectivity index (χ3v) is 4.91. The Hall–Kier alpha value is -2.06. The molecule has 2 aliphatic heterocycles. The molecule has 1 aromatic rings. The lowest BCUT2D eigenvalue weighted by Gasteiger charge is -2.26. The first-order valence-electron chi connectivity index (χ1n) is 8.41. The van der Waals surface area contributed by atoms with Gasteiger partial charge in [-0.3, -0.25) is 4.79 Å². The molecule has 5 nitrogen and oxygen atoms in total. The maximum absolute atomic E-state index is 12.6. The van der Waals surface area contributed by atoms with E-state index in [9.17, 15) is 4.79 Å². The van der Waals surface area contributed by atoms with Gasteiger partial charge in [0, 0.05) is 31.9 Å². The summed E-state index contributed by atoms with van der Waals surface area (Å²) < 4.78 is 0. The Bertz CT molecular complexity index is 582. The average molecular weight is 312 g/mol. The van der Waals surface area contributed by atoms with Crippen LogP contribution in [-0.4, -0.2) is 49.1 Å². The van der Waals surface area contributed by atoms with Gasteiger partial charge in [-0.2, -0.15) is 5.26 Å². The van der Waals surface area contributed by atoms with Gasteiger partial charge in [0.1, 0.15) is 6.04 Å². The normalized spacial score (nSPS) is 27.0. The van der Waals surface area contributed by atoms with E-state index in [1.807, 2.05) is 18.2 Å². The fourth-order valence-electron chi connectivity index (χ4n) is 3.64. The van der Waals surface area contributed by atoms with Crippen molar-refractivity contribution in [3.05, 3.63) is 30.3 Å². The van der Waals surface area contributed by atoms with Crippen LogP contribution in [0.25, 0.3) is 0 Å². The molecule has 1 N–H and O–H groups in total. The number of anilines is 1. The van der Waals surface area contributed by atoms with E-state index in [0.29, 0.717) is 6.04 Å². The van der Waals surface area contributed by atoms with Crippen LogP contribution in [-0.2, 0) is 4.79 Å². The van der Waals surface area contributed by atoms with Crippen LogP contribution in [0.5, 0.6) is 0 Å². The van der Waals surface area contributed by atoms with Gasteiger partial charge in [-0.25, -0.2) is 0 Å². The molecule has 2 fully saturated rings. The Morgan fingerprint density at radius 3 is 2.87 bits per heavy atom. The first kappa shape index (κ1) is 15.8. The van der Waals surface area contributed by atoms with Crippen LogP contribution in [0.1, 0.15) is 25.7 Å². The number of nitriles is 1. The quantitative estimate of drug-likeness (QED) is 0.920. The van der Waals surface area contributed by atoms with Gasteiger partial charge >= 0.3 is 0 Å². The second-order valence-corrected chi connectivity index (χ2v) is 6.53. The van der Waals surface area contributed by atoms with E-state index in [1.165, 1.54) is 5.69 Å². The minimum atomic E-state index is -0.227. The van der Waals surface area contributed by atoms with Crippen LogP contribution in [0, 0.1) is 11.3 Å². The van der Waals surface area contributed by atoms with Gasteiger partial charge in [-0.1, -0.05) is 18.2 Å². The molecule has 2 heterocycles. The third-order valence-electron chi connectivity index (χ3n) is 4.91. The lowest BCUT2D eigenvalue weighted by molar-refractivity contribution is -0.133. The molecule has 2 saturated heterocycles. The van der Waals surface area contributed by atoms with E-state index in [2.05, 4.69) is 35.5 Å². The summed E-state index contributed by atoms with van der Waals surface area (Å²) in [4.78, 5) is 16.6. The molecule has 0 unspecified atom stereocenters. The number of likely N-dealkylation sites (N-methyl/N-ethyl adjacent to an activating group) is 1. The molecule has 3 rings (SSSR count). The Labute approximate surface area is 137 Å². The highest BCUT2D eigenvalue weighted by atomic mass is 16.2. The van der Waals surface area contributed by atoms with Gasteiger partial charge in [-0.15, -0.1) is 0 Å². The predicted molar refractivity (Wildman–Crippen MR) is 90.0 cm³/mol. The Morgan fingerprint density at radius 2 is 2.13 bits per heavy atom. The van der Waals surface area contributed by atoms with Crippen molar-refractivity contribution in [2.75, 3.05) is 25.0 Å². The molecule has 122 valence electrons. The number of hydrogen-bond donors (Lipinski definition) is 1. The van der Waals surface area contributed by atoms with Crippen LogP contribution < -0.4 is 10.2 Å². The minimum Gasteiger partial charge on any atom is -0.373 e. The monoisotopic (exact) mass is 312 g/mol. The topological polar surface area (TPSA) is 59.4 Å². The highest BCUT2D eigenvalue weighted by Gasteiger charge is 2.36. The summed E-state index contributed by atoms with van der Waals surface area (Å²) in [6.07, 6.45) is 3.62. The maximum Gasteiger partial charge on any atom is 0.240 e. The molecule has 2 aliphatic rings. The number of likely N-dealkylation sites (tertiary alicyclic amines) is 1. The van der Waals surface area contributed by atoms with Gasteiger partial charge in [0.15, 0.2) is 0 Å². The van der Waals surface area contributed by atoms with Crippen LogP contribution in [0.4, 0.5) is 5.69 Å². The molecule has 0 spiro atoms. The zero-order valence-corrected chi connectivity index (χ0v) is 13.6. The molecule has 0 bridgehead atoms. The molecule has 1 amide bonds. The zero-order chi connectivity index (χ0) is 16.2. The van der Waals surface area contributed by atoms with Gasteiger partial charge in [0.2, 0.25) is 5.91 Å². The number of benzene rings is 1. The molecule has 0 radical (unpaired) electrons. The number of carbonyl (C=O) groups is 1. The van der Waals surface area contributed by atoms with Crippen molar-refractivity contribution >= 4 is 11.6 Å². The van der Waals surface area contributed by atoms with E-state index in [-0.39, 0.29) is 18.0 Å². The van der Waals surface area contributed by atoms with Crippen molar-refractivity contribution < 1.29 is 4.79 Å². The molecule has 0 saturated carbocycles. The fraction of sp³-hybridized carbons (Fsp3) is 0.556. The third kappa shape index (κ3) is 3.48. The number of rotatable bonds is 4. The summed E-state index contributed by atoms with van der Waals surface area (Å²) in [5.41, 5.74) is 1.19. The first-order valence-corrected chi connectivity index (χ1v) is 8.41. The second kappa shape index (κ2) is 7.01. The van der Waals surface area contributed by atoms with Crippen molar-refractivity contribution in [2.24, 2.45) is 0 Å². The standard InChI is InChI=1S/C18H24N4O/c1-21(15-6-3-2-4-7-15)13-14-9-10-17(20-14)18(23)22-11-5-8-16(22)12-19/h2-4,6-7,14,16-17,20H,5,8-11,13H2,1H3/t14-,16+,17-/m1/s1. The lowest BCUT2D eigenvalue weighted by atomic mass is 10.1. The molecular formula is C18H24N4O. The number of nitrogens with zero attached hydrogens (tertiary/aromatic N) is 3. The van der Waals surface area contributed by atoms with Crippen molar-refractivity contribution in [3.8, 4) is 6.07 Å². The molecule has 5 heteroatoms. The summed E-state index contributed by atoms with van der Waals surface area (Å²) in [7, 11) is 2.08. The van der Waals surface area contributed by atoms with Crippen molar-refractivity contribution in [1.82, 2.24) is 10.2 Å². The van der Waals surface area contributed by atoms with Crippen LogP contribution >= 0.6 is 0 Å². The Balaban J connectivity index is 1.54. The van der Waals surface area contributed by atoms with E-state index >= 15 is 0 Å².